The van der Waals surface area contributed by atoms with Gasteiger partial charge < -0.3 is 18.1 Å². The Labute approximate surface area is 223 Å². The summed E-state index contributed by atoms with van der Waals surface area (Å²) in [5.41, 5.74) is 0. The molecule has 204 valence electrons. The third kappa shape index (κ3) is 13.8. The van der Waals surface area contributed by atoms with Crippen LogP contribution in [0.15, 0.2) is 48.6 Å². The summed E-state index contributed by atoms with van der Waals surface area (Å²) < 4.78 is 47.7. The number of halogens is 2. The molecule has 35 heavy (non-hydrogen) atoms. The zero-order valence-corrected chi connectivity index (χ0v) is 25.0. The lowest BCUT2D eigenvalue weighted by Crippen LogP contribution is -2.22. The molecule has 0 heterocycles. The molecular formula is C25H44Cl2O6P2. The van der Waals surface area contributed by atoms with Crippen molar-refractivity contribution >= 4 is 38.4 Å². The zero-order chi connectivity index (χ0) is 26.5. The fraction of sp³-hybridized carbons (Fsp3) is 0.680. The van der Waals surface area contributed by atoms with Gasteiger partial charge in [-0.1, -0.05) is 99.5 Å². The predicted molar refractivity (Wildman–Crippen MR) is 150 cm³/mol. The lowest BCUT2D eigenvalue weighted by Gasteiger charge is -2.33. The van der Waals surface area contributed by atoms with Gasteiger partial charge in [-0.25, -0.2) is 0 Å². The van der Waals surface area contributed by atoms with Crippen LogP contribution in [-0.2, 0) is 27.2 Å². The van der Waals surface area contributed by atoms with Gasteiger partial charge in [-0.15, -0.1) is 0 Å². The van der Waals surface area contributed by atoms with E-state index in [4.69, 9.17) is 41.3 Å². The normalized spacial score (nSPS) is 16.6. The average Bonchev–Trinajstić information content (AvgIpc) is 2.83. The average molecular weight is 573 g/mol. The number of hydrogen-bond acceptors (Lipinski definition) is 6. The van der Waals surface area contributed by atoms with Gasteiger partial charge in [-0.3, -0.25) is 9.13 Å². The second kappa shape index (κ2) is 20.8. The zero-order valence-electron chi connectivity index (χ0n) is 21.7. The van der Waals surface area contributed by atoms with Crippen LogP contribution in [0.2, 0.25) is 0 Å². The van der Waals surface area contributed by atoms with Crippen molar-refractivity contribution in [3.05, 3.63) is 48.6 Å². The van der Waals surface area contributed by atoms with Crippen molar-refractivity contribution in [1.82, 2.24) is 0 Å². The second-order valence-corrected chi connectivity index (χ2v) is 14.6. The molecule has 0 aromatic rings. The molecule has 0 aliphatic carbocycles. The smallest absolute Gasteiger partial charge is 0.306 e. The minimum absolute atomic E-state index is 0.0260. The van der Waals surface area contributed by atoms with Gasteiger partial charge in [0.15, 0.2) is 0 Å². The number of allylic oxidation sites excluding steroid dienone is 4. The Morgan fingerprint density at radius 2 is 0.743 bits per heavy atom. The van der Waals surface area contributed by atoms with Crippen LogP contribution in [0, 0.1) is 0 Å². The molecule has 0 bridgehead atoms. The van der Waals surface area contributed by atoms with Crippen molar-refractivity contribution in [2.75, 3.05) is 26.4 Å². The molecule has 6 nitrogen and oxygen atoms in total. The van der Waals surface area contributed by atoms with Crippen LogP contribution in [0.25, 0.3) is 0 Å². The van der Waals surface area contributed by atoms with Gasteiger partial charge in [-0.2, -0.15) is 0 Å². The maximum atomic E-state index is 13.9. The summed E-state index contributed by atoms with van der Waals surface area (Å²) in [5.74, 6) is 0. The second-order valence-electron chi connectivity index (χ2n) is 7.51. The Hall–Kier alpha value is -0.160. The van der Waals surface area contributed by atoms with E-state index in [1.54, 1.807) is 0 Å². The van der Waals surface area contributed by atoms with Crippen molar-refractivity contribution in [3.8, 4) is 0 Å². The molecule has 0 aliphatic rings. The molecule has 0 aliphatic heterocycles. The van der Waals surface area contributed by atoms with Crippen LogP contribution in [0.5, 0.6) is 0 Å². The van der Waals surface area contributed by atoms with Crippen LogP contribution in [-0.4, -0.2) is 30.2 Å². The van der Waals surface area contributed by atoms with Crippen LogP contribution in [0.3, 0.4) is 0 Å². The first kappa shape index (κ1) is 34.8. The Morgan fingerprint density at radius 3 is 0.943 bits per heavy atom. The first-order chi connectivity index (χ1) is 16.7. The van der Waals surface area contributed by atoms with Gasteiger partial charge in [0.05, 0.1) is 26.4 Å². The van der Waals surface area contributed by atoms with Crippen LogP contribution < -0.4 is 0 Å². The molecule has 0 saturated heterocycles. The lowest BCUT2D eigenvalue weighted by molar-refractivity contribution is 0.189. The van der Waals surface area contributed by atoms with E-state index in [0.717, 1.165) is 25.7 Å². The fourth-order valence-electron chi connectivity index (χ4n) is 2.64. The van der Waals surface area contributed by atoms with Gasteiger partial charge >= 0.3 is 19.0 Å². The summed E-state index contributed by atoms with van der Waals surface area (Å²) in [4.78, 5) is 0. The van der Waals surface area contributed by atoms with Crippen LogP contribution in [0.4, 0.5) is 0 Å². The molecule has 0 aromatic carbocycles. The predicted octanol–water partition coefficient (Wildman–Crippen LogP) is 9.95. The number of alkyl halides is 2. The SMILES string of the molecule is CCC=CCCOP(=O)(OCCC=CCC)C(Cl)(Cl)P(=O)(OCCC=CCC)OCCC=CCC. The fourth-order valence-corrected chi connectivity index (χ4v) is 7.85. The highest BCUT2D eigenvalue weighted by atomic mass is 35.5. The van der Waals surface area contributed by atoms with Crippen molar-refractivity contribution in [2.24, 2.45) is 0 Å². The Balaban J connectivity index is 5.80. The Morgan fingerprint density at radius 1 is 0.514 bits per heavy atom. The minimum Gasteiger partial charge on any atom is -0.306 e. The summed E-state index contributed by atoms with van der Waals surface area (Å²) >= 11 is 13.2. The molecule has 0 spiro atoms. The molecule has 0 atom stereocenters. The van der Waals surface area contributed by atoms with E-state index in [2.05, 4.69) is 0 Å². The maximum Gasteiger partial charge on any atom is 0.379 e. The van der Waals surface area contributed by atoms with Gasteiger partial charge in [0.1, 0.15) is 0 Å². The lowest BCUT2D eigenvalue weighted by atomic mass is 10.3. The highest BCUT2D eigenvalue weighted by Crippen LogP contribution is 2.81. The van der Waals surface area contributed by atoms with E-state index in [0.29, 0.717) is 25.7 Å². The van der Waals surface area contributed by atoms with Crippen LogP contribution >= 0.6 is 38.4 Å². The number of rotatable bonds is 22. The van der Waals surface area contributed by atoms with E-state index < -0.39 is 19.0 Å². The van der Waals surface area contributed by atoms with E-state index in [9.17, 15) is 9.13 Å². The molecule has 0 aromatic heterocycles. The molecular weight excluding hydrogens is 529 g/mol. The molecule has 10 heteroatoms. The first-order valence-electron chi connectivity index (χ1n) is 12.5. The monoisotopic (exact) mass is 572 g/mol. The van der Waals surface area contributed by atoms with E-state index in [1.165, 1.54) is 0 Å². The van der Waals surface area contributed by atoms with Crippen LogP contribution in [0.1, 0.15) is 79.1 Å². The first-order valence-corrected chi connectivity index (χ1v) is 16.3. The summed E-state index contributed by atoms with van der Waals surface area (Å²) in [6.07, 6.45) is 20.8. The van der Waals surface area contributed by atoms with Crippen molar-refractivity contribution < 1.29 is 27.2 Å². The highest BCUT2D eigenvalue weighted by molar-refractivity contribution is 7.80. The third-order valence-electron chi connectivity index (χ3n) is 4.45. The molecule has 0 rings (SSSR count). The topological polar surface area (TPSA) is 71.1 Å². The van der Waals surface area contributed by atoms with Crippen molar-refractivity contribution in [2.45, 2.75) is 82.9 Å². The van der Waals surface area contributed by atoms with Gasteiger partial charge in [0, 0.05) is 0 Å². The van der Waals surface area contributed by atoms with Crippen molar-refractivity contribution in [1.29, 1.82) is 0 Å². The Bertz CT molecular complexity index is 642. The number of hydrogen-bond donors (Lipinski definition) is 0. The van der Waals surface area contributed by atoms with Gasteiger partial charge in [0.25, 0.3) is 0 Å². The largest absolute Gasteiger partial charge is 0.379 e. The molecule has 0 saturated carbocycles. The third-order valence-corrected chi connectivity index (χ3v) is 11.8. The maximum absolute atomic E-state index is 13.9. The van der Waals surface area contributed by atoms with Crippen molar-refractivity contribution in [3.63, 3.8) is 0 Å². The summed E-state index contributed by atoms with van der Waals surface area (Å²) in [6.45, 7) is 8.14. The molecule has 0 unspecified atom stereocenters. The quantitative estimate of drug-likeness (QED) is 0.0556. The Kier molecular flexibility index (Phi) is 20.8. The van der Waals surface area contributed by atoms with E-state index >= 15 is 0 Å². The molecule has 0 radical (unpaired) electrons. The summed E-state index contributed by atoms with van der Waals surface area (Å²) in [5, 5.41) is 0. The van der Waals surface area contributed by atoms with Gasteiger partial charge in [-0.05, 0) is 51.4 Å². The molecule has 0 fully saturated rings. The highest BCUT2D eigenvalue weighted by Gasteiger charge is 2.64. The molecule has 0 amide bonds. The minimum atomic E-state index is -4.35. The van der Waals surface area contributed by atoms with E-state index in [1.807, 2.05) is 76.3 Å². The van der Waals surface area contributed by atoms with E-state index in [-0.39, 0.29) is 26.4 Å². The summed E-state index contributed by atoms with van der Waals surface area (Å²) in [7, 11) is -8.70. The summed E-state index contributed by atoms with van der Waals surface area (Å²) in [6, 6.07) is 0. The van der Waals surface area contributed by atoms with Gasteiger partial charge in [0.2, 0.25) is 0 Å². The molecule has 0 N–H and O–H groups in total. The standard InChI is InChI=1S/C25H44Cl2O6P2/c1-5-9-13-17-21-30-34(28,31-22-18-14-10-6-2)25(26,27)35(29,32-23-19-15-11-7-3)33-24-20-16-12-8-4/h9-16H,5-8,17-24H2,1-4H3.